The molecule has 0 aliphatic heterocycles. The monoisotopic (exact) mass is 360 g/mol. The number of halogens is 1. The van der Waals surface area contributed by atoms with Gasteiger partial charge in [0.05, 0.1) is 17.0 Å². The Morgan fingerprint density at radius 1 is 1.38 bits per heavy atom. The van der Waals surface area contributed by atoms with Crippen LogP contribution in [0.1, 0.15) is 21.8 Å². The Hall–Kier alpha value is -2.18. The van der Waals surface area contributed by atoms with Crippen LogP contribution in [0.2, 0.25) is 5.02 Å². The second kappa shape index (κ2) is 7.59. The van der Waals surface area contributed by atoms with Crippen molar-refractivity contribution in [2.75, 3.05) is 6.54 Å². The van der Waals surface area contributed by atoms with Crippen LogP contribution in [0.5, 0.6) is 0 Å². The van der Waals surface area contributed by atoms with E-state index in [0.29, 0.717) is 16.4 Å². The molecule has 0 unspecified atom stereocenters. The molecule has 124 valence electrons. The second-order valence-corrected chi connectivity index (χ2v) is 6.73. The van der Waals surface area contributed by atoms with Crippen molar-refractivity contribution in [3.8, 4) is 10.6 Å². The molecule has 3 rings (SSSR count). The fourth-order valence-corrected chi connectivity index (χ4v) is 3.62. The average Bonchev–Trinajstić information content (AvgIpc) is 3.21. The fourth-order valence-electron chi connectivity index (χ4n) is 2.32. The molecule has 0 aliphatic carbocycles. The first-order valence-electron chi connectivity index (χ1n) is 7.61. The molecule has 1 aromatic carbocycles. The molecule has 2 heterocycles. The molecule has 3 aromatic rings. The third-order valence-electron chi connectivity index (χ3n) is 3.54. The lowest BCUT2D eigenvalue weighted by Crippen LogP contribution is -2.25. The highest BCUT2D eigenvalue weighted by atomic mass is 35.5. The van der Waals surface area contributed by atoms with Crippen LogP contribution in [0.4, 0.5) is 0 Å². The van der Waals surface area contributed by atoms with E-state index in [9.17, 15) is 4.79 Å². The maximum Gasteiger partial charge on any atom is 0.263 e. The van der Waals surface area contributed by atoms with Gasteiger partial charge in [-0.15, -0.1) is 11.3 Å². The third-order valence-corrected chi connectivity index (χ3v) is 5.06. The Morgan fingerprint density at radius 2 is 2.21 bits per heavy atom. The Bertz CT molecular complexity index is 829. The Morgan fingerprint density at radius 3 is 2.96 bits per heavy atom. The van der Waals surface area contributed by atoms with Crippen molar-refractivity contribution in [1.82, 2.24) is 19.9 Å². The van der Waals surface area contributed by atoms with Gasteiger partial charge in [-0.3, -0.25) is 4.79 Å². The van der Waals surface area contributed by atoms with E-state index in [1.807, 2.05) is 42.0 Å². The zero-order valence-corrected chi connectivity index (χ0v) is 14.8. The molecule has 0 fully saturated rings. The van der Waals surface area contributed by atoms with Crippen LogP contribution in [0.15, 0.2) is 43.0 Å². The number of imidazole rings is 1. The minimum Gasteiger partial charge on any atom is -0.351 e. The van der Waals surface area contributed by atoms with Crippen LogP contribution in [-0.4, -0.2) is 27.0 Å². The molecule has 0 spiro atoms. The van der Waals surface area contributed by atoms with Crippen LogP contribution >= 0.6 is 22.9 Å². The van der Waals surface area contributed by atoms with E-state index in [4.69, 9.17) is 11.6 Å². The maximum absolute atomic E-state index is 12.4. The van der Waals surface area contributed by atoms with Crippen LogP contribution in [0, 0.1) is 6.92 Å². The molecule has 1 N–H and O–H groups in total. The standard InChI is InChI=1S/C17H17ClN4OS/c1-12-15(16(23)20-7-4-9-22-10-8-19-11-22)24-17(21-12)13-5-2-3-6-14(13)18/h2-3,5-6,8,10-11H,4,7,9H2,1H3,(H,20,23). The molecule has 1 amide bonds. The summed E-state index contributed by atoms with van der Waals surface area (Å²) in [4.78, 5) is 21.5. The molecule has 0 radical (unpaired) electrons. The third kappa shape index (κ3) is 3.83. The van der Waals surface area contributed by atoms with E-state index in [-0.39, 0.29) is 5.91 Å². The number of aromatic nitrogens is 3. The van der Waals surface area contributed by atoms with Gasteiger partial charge in [-0.05, 0) is 19.4 Å². The highest BCUT2D eigenvalue weighted by Crippen LogP contribution is 2.32. The molecule has 0 aliphatic rings. The van der Waals surface area contributed by atoms with Gasteiger partial charge in [-0.2, -0.15) is 0 Å². The minimum absolute atomic E-state index is 0.0889. The molecule has 2 aromatic heterocycles. The number of hydrogen-bond acceptors (Lipinski definition) is 4. The lowest BCUT2D eigenvalue weighted by Gasteiger charge is -2.04. The molecular formula is C17H17ClN4OS. The first kappa shape index (κ1) is 16.7. The van der Waals surface area contributed by atoms with Crippen LogP contribution in [0.3, 0.4) is 0 Å². The number of thiazole rings is 1. The molecule has 5 nitrogen and oxygen atoms in total. The average molecular weight is 361 g/mol. The van der Waals surface area contributed by atoms with E-state index in [1.54, 1.807) is 12.5 Å². The van der Waals surface area contributed by atoms with Gasteiger partial charge in [-0.25, -0.2) is 9.97 Å². The first-order chi connectivity index (χ1) is 11.6. The van der Waals surface area contributed by atoms with Gasteiger partial charge in [0, 0.05) is 31.0 Å². The predicted octanol–water partition coefficient (Wildman–Crippen LogP) is 3.79. The van der Waals surface area contributed by atoms with Gasteiger partial charge in [0.1, 0.15) is 9.88 Å². The summed E-state index contributed by atoms with van der Waals surface area (Å²) in [5.41, 5.74) is 1.58. The quantitative estimate of drug-likeness (QED) is 0.680. The topological polar surface area (TPSA) is 59.8 Å². The van der Waals surface area contributed by atoms with Gasteiger partial charge in [0.25, 0.3) is 5.91 Å². The van der Waals surface area contributed by atoms with Gasteiger partial charge < -0.3 is 9.88 Å². The molecule has 0 saturated carbocycles. The number of aryl methyl sites for hydroxylation is 2. The number of benzene rings is 1. The lowest BCUT2D eigenvalue weighted by molar-refractivity contribution is 0.0956. The number of carbonyl (C=O) groups is 1. The molecule has 0 saturated heterocycles. The molecule has 0 atom stereocenters. The summed E-state index contributed by atoms with van der Waals surface area (Å²) in [5.74, 6) is -0.0889. The number of hydrogen-bond donors (Lipinski definition) is 1. The molecular weight excluding hydrogens is 344 g/mol. The second-order valence-electron chi connectivity index (χ2n) is 5.32. The van der Waals surface area contributed by atoms with Crippen molar-refractivity contribution in [3.63, 3.8) is 0 Å². The van der Waals surface area contributed by atoms with Crippen molar-refractivity contribution < 1.29 is 4.79 Å². The van der Waals surface area contributed by atoms with Crippen LogP contribution < -0.4 is 5.32 Å². The van der Waals surface area contributed by atoms with E-state index < -0.39 is 0 Å². The molecule has 0 bridgehead atoms. The normalized spacial score (nSPS) is 10.8. The summed E-state index contributed by atoms with van der Waals surface area (Å²) in [6.07, 6.45) is 6.27. The van der Waals surface area contributed by atoms with Crippen molar-refractivity contribution in [1.29, 1.82) is 0 Å². The SMILES string of the molecule is Cc1nc(-c2ccccc2Cl)sc1C(=O)NCCCn1ccnc1. The smallest absolute Gasteiger partial charge is 0.263 e. The van der Waals surface area contributed by atoms with E-state index in [2.05, 4.69) is 15.3 Å². The van der Waals surface area contributed by atoms with Crippen molar-refractivity contribution in [3.05, 3.63) is 58.6 Å². The van der Waals surface area contributed by atoms with Crippen molar-refractivity contribution in [2.45, 2.75) is 19.9 Å². The van der Waals surface area contributed by atoms with E-state index in [0.717, 1.165) is 29.2 Å². The summed E-state index contributed by atoms with van der Waals surface area (Å²) in [6, 6.07) is 7.52. The first-order valence-corrected chi connectivity index (χ1v) is 8.81. The highest BCUT2D eigenvalue weighted by Gasteiger charge is 2.17. The summed E-state index contributed by atoms with van der Waals surface area (Å²) in [5, 5.41) is 4.35. The zero-order valence-electron chi connectivity index (χ0n) is 13.2. The van der Waals surface area contributed by atoms with Gasteiger partial charge >= 0.3 is 0 Å². The van der Waals surface area contributed by atoms with E-state index >= 15 is 0 Å². The summed E-state index contributed by atoms with van der Waals surface area (Å²) in [6.45, 7) is 3.28. The van der Waals surface area contributed by atoms with Crippen molar-refractivity contribution in [2.24, 2.45) is 0 Å². The Balaban J connectivity index is 1.62. The maximum atomic E-state index is 12.4. The number of amides is 1. The summed E-state index contributed by atoms with van der Waals surface area (Å²) < 4.78 is 1.99. The molecule has 7 heteroatoms. The Kier molecular flexibility index (Phi) is 5.27. The Labute approximate surface area is 149 Å². The van der Waals surface area contributed by atoms with Gasteiger partial charge in [0.15, 0.2) is 0 Å². The minimum atomic E-state index is -0.0889. The molecule has 24 heavy (non-hydrogen) atoms. The van der Waals surface area contributed by atoms with Crippen LogP contribution in [0.25, 0.3) is 10.6 Å². The highest BCUT2D eigenvalue weighted by molar-refractivity contribution is 7.17. The van der Waals surface area contributed by atoms with Gasteiger partial charge in [0.2, 0.25) is 0 Å². The summed E-state index contributed by atoms with van der Waals surface area (Å²) in [7, 11) is 0. The lowest BCUT2D eigenvalue weighted by atomic mass is 10.2. The summed E-state index contributed by atoms with van der Waals surface area (Å²) >= 11 is 7.58. The van der Waals surface area contributed by atoms with Crippen molar-refractivity contribution >= 4 is 28.8 Å². The van der Waals surface area contributed by atoms with Gasteiger partial charge in [-0.1, -0.05) is 29.8 Å². The number of carbonyl (C=O) groups excluding carboxylic acids is 1. The van der Waals surface area contributed by atoms with E-state index in [1.165, 1.54) is 11.3 Å². The number of nitrogens with zero attached hydrogens (tertiary/aromatic N) is 3. The fraction of sp³-hybridized carbons (Fsp3) is 0.235. The number of rotatable bonds is 6. The zero-order chi connectivity index (χ0) is 16.9. The van der Waals surface area contributed by atoms with Crippen LogP contribution in [-0.2, 0) is 6.54 Å². The number of nitrogens with one attached hydrogen (secondary N) is 1. The predicted molar refractivity (Wildman–Crippen MR) is 96.5 cm³/mol. The largest absolute Gasteiger partial charge is 0.351 e.